The molecule has 1 fully saturated rings. The van der Waals surface area contributed by atoms with Crippen LogP contribution in [0.1, 0.15) is 36.0 Å². The number of aryl methyl sites for hydroxylation is 3. The third kappa shape index (κ3) is 4.61. The first-order valence-electron chi connectivity index (χ1n) is 9.19. The van der Waals surface area contributed by atoms with E-state index in [2.05, 4.69) is 67.4 Å². The van der Waals surface area contributed by atoms with Crippen LogP contribution >= 0.6 is 0 Å². The Bertz CT molecular complexity index is 635. The lowest BCUT2D eigenvalue weighted by molar-refractivity contribution is 0.232. The highest BCUT2D eigenvalue weighted by molar-refractivity contribution is 5.34. The van der Waals surface area contributed by atoms with E-state index >= 15 is 0 Å². The lowest BCUT2D eigenvalue weighted by Gasteiger charge is -2.20. The Kier molecular flexibility index (Phi) is 5.92. The predicted molar refractivity (Wildman–Crippen MR) is 101 cm³/mol. The van der Waals surface area contributed by atoms with E-state index in [9.17, 15) is 0 Å². The van der Waals surface area contributed by atoms with E-state index in [0.29, 0.717) is 6.04 Å². The Balaban J connectivity index is 1.53. The van der Waals surface area contributed by atoms with Crippen molar-refractivity contribution in [2.75, 3.05) is 20.2 Å². The lowest BCUT2D eigenvalue weighted by Crippen LogP contribution is -2.26. The normalized spacial score (nSPS) is 18.0. The molecule has 2 nitrogen and oxygen atoms in total. The van der Waals surface area contributed by atoms with E-state index < -0.39 is 0 Å². The number of benzene rings is 2. The molecule has 0 bridgehead atoms. The molecular weight excluding hydrogens is 294 g/mol. The molecule has 1 aliphatic rings. The second kappa shape index (κ2) is 8.34. The monoisotopic (exact) mass is 323 g/mol. The molecule has 0 N–H and O–H groups in total. The van der Waals surface area contributed by atoms with Gasteiger partial charge >= 0.3 is 0 Å². The van der Waals surface area contributed by atoms with Crippen LogP contribution in [0.4, 0.5) is 0 Å². The fourth-order valence-corrected chi connectivity index (χ4v) is 3.53. The van der Waals surface area contributed by atoms with Gasteiger partial charge in [-0.2, -0.15) is 0 Å². The van der Waals surface area contributed by atoms with Gasteiger partial charge in [0.1, 0.15) is 5.75 Å². The highest BCUT2D eigenvalue weighted by Gasteiger charge is 2.20. The maximum absolute atomic E-state index is 6.13. The van der Waals surface area contributed by atoms with Crippen LogP contribution in [0.25, 0.3) is 0 Å². The first-order valence-corrected chi connectivity index (χ1v) is 9.19. The molecule has 2 heteroatoms. The van der Waals surface area contributed by atoms with Crippen molar-refractivity contribution in [3.05, 3.63) is 65.2 Å². The molecule has 0 aromatic heterocycles. The van der Waals surface area contributed by atoms with E-state index in [-0.39, 0.29) is 0 Å². The maximum Gasteiger partial charge on any atom is 0.122 e. The van der Waals surface area contributed by atoms with Gasteiger partial charge in [0.2, 0.25) is 0 Å². The smallest absolute Gasteiger partial charge is 0.122 e. The molecule has 24 heavy (non-hydrogen) atoms. The maximum atomic E-state index is 6.13. The summed E-state index contributed by atoms with van der Waals surface area (Å²) in [6, 6.07) is 18.0. The molecule has 1 unspecified atom stereocenters. The van der Waals surface area contributed by atoms with E-state index in [1.54, 1.807) is 0 Å². The van der Waals surface area contributed by atoms with Gasteiger partial charge in [-0.1, -0.05) is 48.0 Å². The Labute approximate surface area is 146 Å². The molecule has 1 heterocycles. The summed E-state index contributed by atoms with van der Waals surface area (Å²) in [7, 11) is 2.23. The first kappa shape index (κ1) is 17.0. The number of para-hydroxylation sites is 1. The number of likely N-dealkylation sites (tertiary alicyclic amines) is 1. The Morgan fingerprint density at radius 2 is 1.83 bits per heavy atom. The van der Waals surface area contributed by atoms with Gasteiger partial charge in [-0.15, -0.1) is 0 Å². The third-order valence-electron chi connectivity index (χ3n) is 5.16. The van der Waals surface area contributed by atoms with Crippen LogP contribution in [0.3, 0.4) is 0 Å². The molecule has 1 saturated heterocycles. The molecule has 0 saturated carbocycles. The number of hydrogen-bond acceptors (Lipinski definition) is 2. The van der Waals surface area contributed by atoms with Gasteiger partial charge in [-0.05, 0) is 69.8 Å². The van der Waals surface area contributed by atoms with E-state index in [1.807, 2.05) is 0 Å². The molecule has 2 aromatic carbocycles. The van der Waals surface area contributed by atoms with Crippen LogP contribution in [0.5, 0.6) is 5.75 Å². The van der Waals surface area contributed by atoms with Crippen LogP contribution in [0.15, 0.2) is 48.5 Å². The summed E-state index contributed by atoms with van der Waals surface area (Å²) in [5, 5.41) is 0. The van der Waals surface area contributed by atoms with Crippen molar-refractivity contribution in [3.63, 3.8) is 0 Å². The zero-order valence-electron chi connectivity index (χ0n) is 15.0. The molecule has 2 aromatic rings. The highest BCUT2D eigenvalue weighted by Crippen LogP contribution is 2.22. The number of nitrogens with zero attached hydrogens (tertiary/aromatic N) is 1. The third-order valence-corrected chi connectivity index (χ3v) is 5.16. The average molecular weight is 323 g/mol. The summed E-state index contributed by atoms with van der Waals surface area (Å²) in [6.45, 7) is 4.18. The summed E-state index contributed by atoms with van der Waals surface area (Å²) in [5.74, 6) is 1.06. The molecule has 128 valence electrons. The molecule has 1 aliphatic heterocycles. The number of rotatable bonds is 7. The fraction of sp³-hybridized carbons (Fsp3) is 0.455. The van der Waals surface area contributed by atoms with Gasteiger partial charge in [0.05, 0.1) is 6.61 Å². The standard InChI is InChI=1S/C22H29NO/c1-18-9-11-19(12-10-18)13-14-20-6-3-4-8-22(20)24-17-15-21-7-5-16-23(21)2/h3-4,6,8-12,21H,5,7,13-17H2,1-2H3. The summed E-state index contributed by atoms with van der Waals surface area (Å²) in [6.07, 6.45) is 5.86. The zero-order chi connectivity index (χ0) is 16.8. The van der Waals surface area contributed by atoms with E-state index in [0.717, 1.165) is 31.6 Å². The highest BCUT2D eigenvalue weighted by atomic mass is 16.5. The molecular formula is C22H29NO. The quantitative estimate of drug-likeness (QED) is 0.736. The summed E-state index contributed by atoms with van der Waals surface area (Å²) in [5.41, 5.74) is 4.03. The van der Waals surface area contributed by atoms with Crippen molar-refractivity contribution in [2.24, 2.45) is 0 Å². The summed E-state index contributed by atoms with van der Waals surface area (Å²) in [4.78, 5) is 2.46. The minimum absolute atomic E-state index is 0.699. The van der Waals surface area contributed by atoms with Crippen molar-refractivity contribution in [2.45, 2.75) is 45.1 Å². The zero-order valence-corrected chi connectivity index (χ0v) is 15.0. The van der Waals surface area contributed by atoms with Crippen molar-refractivity contribution >= 4 is 0 Å². The Morgan fingerprint density at radius 3 is 2.58 bits per heavy atom. The van der Waals surface area contributed by atoms with Gasteiger partial charge < -0.3 is 9.64 Å². The second-order valence-electron chi connectivity index (χ2n) is 7.01. The van der Waals surface area contributed by atoms with Gasteiger partial charge in [-0.25, -0.2) is 0 Å². The van der Waals surface area contributed by atoms with Gasteiger partial charge in [0.15, 0.2) is 0 Å². The molecule has 0 radical (unpaired) electrons. The van der Waals surface area contributed by atoms with E-state index in [4.69, 9.17) is 4.74 Å². The average Bonchev–Trinajstić information content (AvgIpc) is 3.00. The predicted octanol–water partition coefficient (Wildman–Crippen LogP) is 4.64. The summed E-state index contributed by atoms with van der Waals surface area (Å²) >= 11 is 0. The number of ether oxygens (including phenoxy) is 1. The van der Waals surface area contributed by atoms with Crippen LogP contribution in [-0.2, 0) is 12.8 Å². The first-order chi connectivity index (χ1) is 11.7. The minimum atomic E-state index is 0.699. The second-order valence-corrected chi connectivity index (χ2v) is 7.01. The molecule has 0 aliphatic carbocycles. The van der Waals surface area contributed by atoms with Gasteiger partial charge in [0.25, 0.3) is 0 Å². The van der Waals surface area contributed by atoms with E-state index in [1.165, 1.54) is 36.1 Å². The number of hydrogen-bond donors (Lipinski definition) is 0. The van der Waals surface area contributed by atoms with Crippen LogP contribution in [0, 0.1) is 6.92 Å². The van der Waals surface area contributed by atoms with Crippen molar-refractivity contribution < 1.29 is 4.74 Å². The Hall–Kier alpha value is -1.80. The molecule has 0 amide bonds. The van der Waals surface area contributed by atoms with Gasteiger partial charge in [0, 0.05) is 6.04 Å². The van der Waals surface area contributed by atoms with Crippen molar-refractivity contribution in [3.8, 4) is 5.75 Å². The SMILES string of the molecule is Cc1ccc(CCc2ccccc2OCCC2CCCN2C)cc1. The minimum Gasteiger partial charge on any atom is -0.493 e. The molecule has 1 atom stereocenters. The van der Waals surface area contributed by atoms with Crippen LogP contribution in [-0.4, -0.2) is 31.1 Å². The lowest BCUT2D eigenvalue weighted by atomic mass is 10.0. The van der Waals surface area contributed by atoms with Gasteiger partial charge in [-0.3, -0.25) is 0 Å². The largest absolute Gasteiger partial charge is 0.493 e. The topological polar surface area (TPSA) is 12.5 Å². The fourth-order valence-electron chi connectivity index (χ4n) is 3.53. The molecule has 3 rings (SSSR count). The summed E-state index contributed by atoms with van der Waals surface area (Å²) < 4.78 is 6.13. The Morgan fingerprint density at radius 1 is 1.04 bits per heavy atom. The van der Waals surface area contributed by atoms with Crippen molar-refractivity contribution in [1.82, 2.24) is 4.90 Å². The molecule has 0 spiro atoms. The van der Waals surface area contributed by atoms with Crippen LogP contribution in [0.2, 0.25) is 0 Å². The van der Waals surface area contributed by atoms with Crippen molar-refractivity contribution in [1.29, 1.82) is 0 Å². The van der Waals surface area contributed by atoms with Crippen LogP contribution < -0.4 is 4.74 Å².